The zero-order chi connectivity index (χ0) is 22.5. The second-order valence-corrected chi connectivity index (χ2v) is 8.56. The van der Waals surface area contributed by atoms with Crippen molar-refractivity contribution in [1.82, 2.24) is 25.1 Å². The lowest BCUT2D eigenvalue weighted by Gasteiger charge is -2.18. The lowest BCUT2D eigenvalue weighted by molar-refractivity contribution is -0.120. The fourth-order valence-electron chi connectivity index (χ4n) is 3.16. The molecule has 2 atom stereocenters. The van der Waals surface area contributed by atoms with Crippen LogP contribution in [-0.4, -0.2) is 30.9 Å². The lowest BCUT2D eigenvalue weighted by atomic mass is 10.1. The van der Waals surface area contributed by atoms with Gasteiger partial charge < -0.3 is 9.73 Å². The van der Waals surface area contributed by atoms with E-state index in [4.69, 9.17) is 4.42 Å². The normalized spacial score (nSPS) is 13.0. The van der Waals surface area contributed by atoms with Crippen LogP contribution in [0.2, 0.25) is 0 Å². The van der Waals surface area contributed by atoms with Gasteiger partial charge in [-0.2, -0.15) is 0 Å². The van der Waals surface area contributed by atoms with Gasteiger partial charge in [0.05, 0.1) is 24.1 Å². The fraction of sp³-hybridized carbons (Fsp3) is 0.217. The molecule has 0 radical (unpaired) electrons. The Kier molecular flexibility index (Phi) is 6.65. The molecule has 1 amide bonds. The Morgan fingerprint density at radius 1 is 1.16 bits per heavy atom. The second kappa shape index (κ2) is 9.78. The average Bonchev–Trinajstić information content (AvgIpc) is 3.45. The van der Waals surface area contributed by atoms with Crippen LogP contribution >= 0.6 is 11.8 Å². The van der Waals surface area contributed by atoms with Gasteiger partial charge in [0.2, 0.25) is 5.91 Å². The molecule has 7 nitrogen and oxygen atoms in total. The minimum atomic E-state index is -0.431. The predicted octanol–water partition coefficient (Wildman–Crippen LogP) is 4.48. The summed E-state index contributed by atoms with van der Waals surface area (Å²) in [4.78, 5) is 17.0. The number of hydrogen-bond donors (Lipinski definition) is 1. The van der Waals surface area contributed by atoms with Gasteiger partial charge in [-0.05, 0) is 55.8 Å². The molecule has 0 spiro atoms. The van der Waals surface area contributed by atoms with Crippen molar-refractivity contribution >= 4 is 17.7 Å². The van der Waals surface area contributed by atoms with Gasteiger partial charge in [0.15, 0.2) is 11.0 Å². The highest BCUT2D eigenvalue weighted by Gasteiger charge is 2.23. The van der Waals surface area contributed by atoms with E-state index in [2.05, 4.69) is 20.5 Å². The molecule has 1 aromatic carbocycles. The molecule has 4 rings (SSSR count). The molecule has 0 bridgehead atoms. The van der Waals surface area contributed by atoms with Gasteiger partial charge in [-0.3, -0.25) is 14.3 Å². The van der Waals surface area contributed by atoms with Gasteiger partial charge in [0.1, 0.15) is 11.6 Å². The van der Waals surface area contributed by atoms with E-state index < -0.39 is 5.25 Å². The first-order chi connectivity index (χ1) is 15.5. The molecule has 0 saturated carbocycles. The minimum Gasteiger partial charge on any atom is -0.467 e. The molecular weight excluding hydrogens is 429 g/mol. The van der Waals surface area contributed by atoms with Crippen molar-refractivity contribution in [1.29, 1.82) is 0 Å². The number of amides is 1. The molecule has 1 N–H and O–H groups in total. The molecule has 2 unspecified atom stereocenters. The molecule has 32 heavy (non-hydrogen) atoms. The monoisotopic (exact) mass is 451 g/mol. The molecule has 0 aliphatic heterocycles. The number of rotatable bonds is 8. The molecule has 0 aliphatic rings. The minimum absolute atomic E-state index is 0.151. The number of nitrogens with one attached hydrogen (secondary N) is 1. The van der Waals surface area contributed by atoms with Gasteiger partial charge in [-0.15, -0.1) is 10.2 Å². The summed E-state index contributed by atoms with van der Waals surface area (Å²) in [5.74, 6) is 0.932. The number of halogens is 1. The van der Waals surface area contributed by atoms with Crippen molar-refractivity contribution in [3.63, 3.8) is 0 Å². The van der Waals surface area contributed by atoms with E-state index in [0.29, 0.717) is 17.5 Å². The number of aromatic nitrogens is 4. The smallest absolute Gasteiger partial charge is 0.233 e. The van der Waals surface area contributed by atoms with Crippen LogP contribution in [0.3, 0.4) is 0 Å². The standard InChI is InChI=1S/C23H22FN5O2S/c1-15(17-7-9-19(24)10-8-17)26-22(30)16(2)32-23-28-27-21(18-5-3-11-25-13-18)29(23)14-20-6-4-12-31-20/h3-13,15-16H,14H2,1-2H3,(H,26,30). The first kappa shape index (κ1) is 21.8. The SMILES string of the molecule is CC(Sc1nnc(-c2cccnc2)n1Cc1ccco1)C(=O)NC(C)c1ccc(F)cc1. The summed E-state index contributed by atoms with van der Waals surface area (Å²) in [6.07, 6.45) is 5.03. The van der Waals surface area contributed by atoms with E-state index in [1.165, 1.54) is 23.9 Å². The third-order valence-corrected chi connectivity index (χ3v) is 5.99. The molecule has 4 aromatic rings. The number of carbonyl (C=O) groups excluding carboxylic acids is 1. The van der Waals surface area contributed by atoms with Crippen molar-refractivity contribution in [2.24, 2.45) is 0 Å². The van der Waals surface area contributed by atoms with Crippen LogP contribution in [0.25, 0.3) is 11.4 Å². The summed E-state index contributed by atoms with van der Waals surface area (Å²) in [7, 11) is 0. The molecule has 0 saturated heterocycles. The van der Waals surface area contributed by atoms with E-state index in [1.807, 2.05) is 42.7 Å². The van der Waals surface area contributed by atoms with Crippen molar-refractivity contribution in [3.05, 3.63) is 84.3 Å². The van der Waals surface area contributed by atoms with E-state index in [0.717, 1.165) is 16.9 Å². The quantitative estimate of drug-likeness (QED) is 0.398. The highest BCUT2D eigenvalue weighted by atomic mass is 32.2. The first-order valence-electron chi connectivity index (χ1n) is 10.1. The topological polar surface area (TPSA) is 85.8 Å². The second-order valence-electron chi connectivity index (χ2n) is 7.26. The van der Waals surface area contributed by atoms with Crippen LogP contribution < -0.4 is 5.32 Å². The molecule has 0 aliphatic carbocycles. The number of hydrogen-bond acceptors (Lipinski definition) is 6. The number of nitrogens with zero attached hydrogens (tertiary/aromatic N) is 4. The van der Waals surface area contributed by atoms with Crippen LogP contribution in [0.4, 0.5) is 4.39 Å². The van der Waals surface area contributed by atoms with E-state index in [-0.39, 0.29) is 17.8 Å². The van der Waals surface area contributed by atoms with Crippen LogP contribution in [0.1, 0.15) is 31.2 Å². The number of pyridine rings is 1. The predicted molar refractivity (Wildman–Crippen MR) is 119 cm³/mol. The van der Waals surface area contributed by atoms with Crippen LogP contribution in [-0.2, 0) is 11.3 Å². The zero-order valence-electron chi connectivity index (χ0n) is 17.6. The van der Waals surface area contributed by atoms with Crippen LogP contribution in [0.15, 0.2) is 76.8 Å². The summed E-state index contributed by atoms with van der Waals surface area (Å²) in [5.41, 5.74) is 1.65. The highest BCUT2D eigenvalue weighted by Crippen LogP contribution is 2.28. The zero-order valence-corrected chi connectivity index (χ0v) is 18.4. The van der Waals surface area contributed by atoms with Crippen LogP contribution in [0.5, 0.6) is 0 Å². The van der Waals surface area contributed by atoms with Crippen LogP contribution in [0, 0.1) is 5.82 Å². The molecule has 3 aromatic heterocycles. The summed E-state index contributed by atoms with van der Waals surface area (Å²) < 4.78 is 20.6. The number of benzene rings is 1. The van der Waals surface area contributed by atoms with Crippen molar-refractivity contribution in [3.8, 4) is 11.4 Å². The van der Waals surface area contributed by atoms with Crippen molar-refractivity contribution in [2.75, 3.05) is 0 Å². The molecule has 3 heterocycles. The third kappa shape index (κ3) is 5.05. The number of carbonyl (C=O) groups is 1. The van der Waals surface area contributed by atoms with Gasteiger partial charge in [0, 0.05) is 18.0 Å². The fourth-order valence-corrected chi connectivity index (χ4v) is 4.02. The van der Waals surface area contributed by atoms with Gasteiger partial charge in [-0.1, -0.05) is 23.9 Å². The summed E-state index contributed by atoms with van der Waals surface area (Å²) in [5, 5.41) is 11.8. The van der Waals surface area contributed by atoms with Gasteiger partial charge >= 0.3 is 0 Å². The Morgan fingerprint density at radius 3 is 2.66 bits per heavy atom. The van der Waals surface area contributed by atoms with Crippen molar-refractivity contribution < 1.29 is 13.6 Å². The Morgan fingerprint density at radius 2 is 1.97 bits per heavy atom. The Balaban J connectivity index is 1.51. The van der Waals surface area contributed by atoms with Gasteiger partial charge in [-0.25, -0.2) is 4.39 Å². The Bertz CT molecular complexity index is 1160. The number of furan rings is 1. The molecule has 164 valence electrons. The van der Waals surface area contributed by atoms with E-state index in [9.17, 15) is 9.18 Å². The largest absolute Gasteiger partial charge is 0.467 e. The maximum atomic E-state index is 13.2. The highest BCUT2D eigenvalue weighted by molar-refractivity contribution is 8.00. The Labute approximate surface area is 189 Å². The summed E-state index contributed by atoms with van der Waals surface area (Å²) in [6, 6.07) is 13.3. The van der Waals surface area contributed by atoms with Gasteiger partial charge in [0.25, 0.3) is 0 Å². The molecule has 9 heteroatoms. The first-order valence-corrected chi connectivity index (χ1v) is 11.0. The summed E-state index contributed by atoms with van der Waals surface area (Å²) >= 11 is 1.31. The molecular formula is C23H22FN5O2S. The third-order valence-electron chi connectivity index (χ3n) is 4.91. The van der Waals surface area contributed by atoms with Crippen molar-refractivity contribution in [2.45, 2.75) is 36.8 Å². The maximum Gasteiger partial charge on any atom is 0.233 e. The average molecular weight is 452 g/mol. The number of thioether (sulfide) groups is 1. The summed E-state index contributed by atoms with van der Waals surface area (Å²) in [6.45, 7) is 4.10. The van der Waals surface area contributed by atoms with E-state index >= 15 is 0 Å². The lowest BCUT2D eigenvalue weighted by Crippen LogP contribution is -2.33. The Hall–Kier alpha value is -3.46. The maximum absolute atomic E-state index is 13.2. The molecule has 0 fully saturated rings. The van der Waals surface area contributed by atoms with E-state index in [1.54, 1.807) is 30.8 Å².